The van der Waals surface area contributed by atoms with Crippen molar-refractivity contribution in [3.63, 3.8) is 0 Å². The molecular weight excluding hydrogens is 296 g/mol. The Kier molecular flexibility index (Phi) is 3.88. The second-order valence-electron chi connectivity index (χ2n) is 5.23. The van der Waals surface area contributed by atoms with Gasteiger partial charge in [0, 0.05) is 23.8 Å². The lowest BCUT2D eigenvalue weighted by atomic mass is 9.82. The second-order valence-corrected chi connectivity index (χ2v) is 5.23. The first-order valence-corrected chi connectivity index (χ1v) is 7.12. The third-order valence-corrected chi connectivity index (χ3v) is 3.83. The highest BCUT2D eigenvalue weighted by Gasteiger charge is 2.34. The van der Waals surface area contributed by atoms with Crippen LogP contribution in [0.15, 0.2) is 30.3 Å². The largest absolute Gasteiger partial charge is 0.492 e. The highest BCUT2D eigenvalue weighted by atomic mass is 16.7. The summed E-state index contributed by atoms with van der Waals surface area (Å²) >= 11 is 0. The molecule has 0 fully saturated rings. The molecule has 0 aliphatic heterocycles. The molecular formula is C18H16O5. The lowest BCUT2D eigenvalue weighted by Crippen LogP contribution is -2.22. The number of methoxy groups -OCH3 is 2. The number of carbonyl (C=O) groups is 2. The summed E-state index contributed by atoms with van der Waals surface area (Å²) in [4.78, 5) is 25.6. The molecule has 1 aliphatic rings. The summed E-state index contributed by atoms with van der Waals surface area (Å²) in [7, 11) is 2.96. The summed E-state index contributed by atoms with van der Waals surface area (Å²) in [5.41, 5.74) is 2.08. The van der Waals surface area contributed by atoms with Crippen molar-refractivity contribution in [1.29, 1.82) is 0 Å². The summed E-state index contributed by atoms with van der Waals surface area (Å²) in [6, 6.07) is 8.45. The van der Waals surface area contributed by atoms with Crippen molar-refractivity contribution >= 4 is 11.6 Å². The molecule has 5 heteroatoms. The van der Waals surface area contributed by atoms with Crippen LogP contribution in [0.3, 0.4) is 0 Å². The van der Waals surface area contributed by atoms with Crippen LogP contribution in [0.2, 0.25) is 0 Å². The summed E-state index contributed by atoms with van der Waals surface area (Å²) < 4.78 is 15.9. The predicted octanol–water partition coefficient (Wildman–Crippen LogP) is 2.76. The Morgan fingerprint density at radius 1 is 0.913 bits per heavy atom. The number of ketones is 2. The Bertz CT molecular complexity index is 807. The predicted molar refractivity (Wildman–Crippen MR) is 83.5 cm³/mol. The van der Waals surface area contributed by atoms with Crippen LogP contribution in [0.25, 0.3) is 0 Å². The molecule has 2 aromatic carbocycles. The number of fused-ring (bicyclic) bond motifs is 2. The molecule has 0 saturated carbocycles. The molecule has 0 unspecified atom stereocenters. The van der Waals surface area contributed by atoms with Gasteiger partial charge in [-0.15, -0.1) is 0 Å². The van der Waals surface area contributed by atoms with Crippen molar-refractivity contribution < 1.29 is 23.8 Å². The quantitative estimate of drug-likeness (QED) is 0.693. The van der Waals surface area contributed by atoms with Gasteiger partial charge in [0.15, 0.2) is 29.9 Å². The lowest BCUT2D eigenvalue weighted by Gasteiger charge is -2.22. The number of rotatable bonds is 4. The molecule has 3 rings (SSSR count). The van der Waals surface area contributed by atoms with E-state index in [0.717, 1.165) is 0 Å². The first-order valence-electron chi connectivity index (χ1n) is 7.12. The summed E-state index contributed by atoms with van der Waals surface area (Å²) in [5, 5.41) is 0. The Labute approximate surface area is 133 Å². The van der Waals surface area contributed by atoms with Crippen molar-refractivity contribution in [2.75, 3.05) is 21.0 Å². The van der Waals surface area contributed by atoms with E-state index in [2.05, 4.69) is 0 Å². The standard InChI is InChI=1S/C18H16O5/c1-10-8-13-14(18(22-3)17(10)23-9-21-2)16(20)12-7-5-4-6-11(12)15(13)19/h4-8H,9H2,1-3H3. The molecule has 0 bridgehead atoms. The highest BCUT2D eigenvalue weighted by molar-refractivity contribution is 6.29. The summed E-state index contributed by atoms with van der Waals surface area (Å²) in [6.07, 6.45) is 0. The van der Waals surface area contributed by atoms with Crippen LogP contribution in [0, 0.1) is 6.92 Å². The van der Waals surface area contributed by atoms with Gasteiger partial charge in [0.25, 0.3) is 0 Å². The Morgan fingerprint density at radius 3 is 2.17 bits per heavy atom. The molecule has 2 aromatic rings. The average Bonchev–Trinajstić information content (AvgIpc) is 2.57. The molecule has 1 aliphatic carbocycles. The molecule has 0 N–H and O–H groups in total. The monoisotopic (exact) mass is 312 g/mol. The van der Waals surface area contributed by atoms with Crippen molar-refractivity contribution in [3.8, 4) is 11.5 Å². The third-order valence-electron chi connectivity index (χ3n) is 3.83. The Morgan fingerprint density at radius 2 is 1.57 bits per heavy atom. The SMILES string of the molecule is COCOc1c(C)cc2c(c1OC)C(=O)c1ccccc1C2=O. The molecule has 23 heavy (non-hydrogen) atoms. The van der Waals surface area contributed by atoms with Crippen LogP contribution in [0.1, 0.15) is 37.4 Å². The van der Waals surface area contributed by atoms with E-state index in [4.69, 9.17) is 14.2 Å². The maximum atomic E-state index is 12.9. The molecule has 0 radical (unpaired) electrons. The van der Waals surface area contributed by atoms with E-state index in [1.165, 1.54) is 14.2 Å². The zero-order valence-corrected chi connectivity index (χ0v) is 13.1. The number of carbonyl (C=O) groups excluding carboxylic acids is 2. The minimum Gasteiger partial charge on any atom is -0.492 e. The summed E-state index contributed by atoms with van der Waals surface area (Å²) in [6.45, 7) is 1.82. The van der Waals surface area contributed by atoms with Crippen LogP contribution >= 0.6 is 0 Å². The first-order chi connectivity index (χ1) is 11.1. The van der Waals surface area contributed by atoms with Gasteiger partial charge >= 0.3 is 0 Å². The van der Waals surface area contributed by atoms with Gasteiger partial charge < -0.3 is 14.2 Å². The van der Waals surface area contributed by atoms with Crippen molar-refractivity contribution in [2.24, 2.45) is 0 Å². The second kappa shape index (κ2) is 5.85. The summed E-state index contributed by atoms with van der Waals surface area (Å²) in [5.74, 6) is 0.253. The fourth-order valence-corrected chi connectivity index (χ4v) is 2.82. The van der Waals surface area contributed by atoms with Gasteiger partial charge in [-0.25, -0.2) is 0 Å². The first kappa shape index (κ1) is 15.2. The van der Waals surface area contributed by atoms with E-state index in [0.29, 0.717) is 28.0 Å². The number of hydrogen-bond donors (Lipinski definition) is 0. The van der Waals surface area contributed by atoms with E-state index in [1.807, 2.05) is 0 Å². The molecule has 0 aromatic heterocycles. The molecule has 118 valence electrons. The number of hydrogen-bond acceptors (Lipinski definition) is 5. The van der Waals surface area contributed by atoms with Crippen LogP contribution in [0.4, 0.5) is 0 Å². The van der Waals surface area contributed by atoms with E-state index >= 15 is 0 Å². The van der Waals surface area contributed by atoms with E-state index in [9.17, 15) is 9.59 Å². The average molecular weight is 312 g/mol. The van der Waals surface area contributed by atoms with Crippen molar-refractivity contribution in [2.45, 2.75) is 6.92 Å². The van der Waals surface area contributed by atoms with Crippen LogP contribution in [-0.2, 0) is 4.74 Å². The number of benzene rings is 2. The number of ether oxygens (including phenoxy) is 3. The molecule has 5 nitrogen and oxygen atoms in total. The molecule has 0 heterocycles. The normalized spacial score (nSPS) is 12.7. The molecule has 0 spiro atoms. The van der Waals surface area contributed by atoms with E-state index in [1.54, 1.807) is 37.3 Å². The van der Waals surface area contributed by atoms with Crippen molar-refractivity contribution in [3.05, 3.63) is 58.1 Å². The van der Waals surface area contributed by atoms with E-state index in [-0.39, 0.29) is 29.7 Å². The van der Waals surface area contributed by atoms with Crippen LogP contribution < -0.4 is 9.47 Å². The maximum Gasteiger partial charge on any atom is 0.198 e. The lowest BCUT2D eigenvalue weighted by molar-refractivity contribution is 0.0484. The highest BCUT2D eigenvalue weighted by Crippen LogP contribution is 2.41. The topological polar surface area (TPSA) is 61.8 Å². The zero-order chi connectivity index (χ0) is 16.6. The molecule has 0 saturated heterocycles. The Hall–Kier alpha value is -2.66. The zero-order valence-electron chi connectivity index (χ0n) is 13.1. The van der Waals surface area contributed by atoms with Gasteiger partial charge in [0.1, 0.15) is 0 Å². The van der Waals surface area contributed by atoms with Crippen molar-refractivity contribution in [1.82, 2.24) is 0 Å². The fraction of sp³-hybridized carbons (Fsp3) is 0.222. The van der Waals surface area contributed by atoms with Gasteiger partial charge in [-0.05, 0) is 18.6 Å². The number of aryl methyl sites for hydroxylation is 1. The Balaban J connectivity index is 2.26. The maximum absolute atomic E-state index is 12.9. The van der Waals surface area contributed by atoms with Gasteiger partial charge in [-0.2, -0.15) is 0 Å². The fourth-order valence-electron chi connectivity index (χ4n) is 2.82. The smallest absolute Gasteiger partial charge is 0.198 e. The van der Waals surface area contributed by atoms with Gasteiger partial charge in [-0.3, -0.25) is 9.59 Å². The molecule has 0 amide bonds. The van der Waals surface area contributed by atoms with Crippen LogP contribution in [0.5, 0.6) is 11.5 Å². The molecule has 0 atom stereocenters. The van der Waals surface area contributed by atoms with E-state index < -0.39 is 0 Å². The van der Waals surface area contributed by atoms with Gasteiger partial charge in [0.2, 0.25) is 0 Å². The van der Waals surface area contributed by atoms with Gasteiger partial charge in [0.05, 0.1) is 12.7 Å². The van der Waals surface area contributed by atoms with Gasteiger partial charge in [-0.1, -0.05) is 24.3 Å². The minimum absolute atomic E-state index is 0.0225. The minimum atomic E-state index is -0.241. The third kappa shape index (κ3) is 2.29. The van der Waals surface area contributed by atoms with Crippen LogP contribution in [-0.4, -0.2) is 32.6 Å².